The van der Waals surface area contributed by atoms with Gasteiger partial charge in [0.25, 0.3) is 0 Å². The third-order valence-electron chi connectivity index (χ3n) is 2.83. The van der Waals surface area contributed by atoms with Gasteiger partial charge in [0, 0.05) is 12.5 Å². The maximum absolute atomic E-state index is 11.3. The van der Waals surface area contributed by atoms with E-state index in [9.17, 15) is 4.79 Å². The molecule has 0 aliphatic heterocycles. The van der Waals surface area contributed by atoms with Crippen molar-refractivity contribution in [2.45, 2.75) is 13.8 Å². The summed E-state index contributed by atoms with van der Waals surface area (Å²) in [5.74, 6) is 0.299. The molecule has 0 aliphatic rings. The molecule has 19 heavy (non-hydrogen) atoms. The summed E-state index contributed by atoms with van der Waals surface area (Å²) in [5.41, 5.74) is 2.89. The summed E-state index contributed by atoms with van der Waals surface area (Å²) in [6, 6.07) is 19.6. The summed E-state index contributed by atoms with van der Waals surface area (Å²) in [5, 5.41) is 0. The predicted octanol–water partition coefficient (Wildman–Crippen LogP) is 4.14. The minimum absolute atomic E-state index is 0.311. The smallest absolute Gasteiger partial charge is 0.308 e. The SMILES string of the molecule is CC(=O)O/C(=C(\C)c1ccccc1)c1ccccc1. The third-order valence-corrected chi connectivity index (χ3v) is 2.83. The fourth-order valence-corrected chi connectivity index (χ4v) is 1.90. The Morgan fingerprint density at radius 1 is 0.789 bits per heavy atom. The number of ether oxygens (including phenoxy) is 1. The van der Waals surface area contributed by atoms with Gasteiger partial charge in [0.05, 0.1) is 0 Å². The fraction of sp³-hybridized carbons (Fsp3) is 0.118. The van der Waals surface area contributed by atoms with E-state index in [4.69, 9.17) is 4.74 Å². The molecule has 2 rings (SSSR count). The molecular formula is C17H16O2. The van der Waals surface area contributed by atoms with Crippen LogP contribution in [0, 0.1) is 0 Å². The Kier molecular flexibility index (Phi) is 4.14. The predicted molar refractivity (Wildman–Crippen MR) is 77.1 cm³/mol. The molecule has 0 aromatic heterocycles. The molecule has 0 fully saturated rings. The van der Waals surface area contributed by atoms with Crippen LogP contribution in [-0.4, -0.2) is 5.97 Å². The van der Waals surface area contributed by atoms with Gasteiger partial charge in [-0.3, -0.25) is 4.79 Å². The van der Waals surface area contributed by atoms with Gasteiger partial charge in [0.2, 0.25) is 0 Å². The van der Waals surface area contributed by atoms with Crippen LogP contribution in [0.2, 0.25) is 0 Å². The van der Waals surface area contributed by atoms with Crippen molar-refractivity contribution in [2.24, 2.45) is 0 Å². The van der Waals surface area contributed by atoms with E-state index in [1.54, 1.807) is 0 Å². The van der Waals surface area contributed by atoms with Crippen LogP contribution in [0.3, 0.4) is 0 Å². The van der Waals surface area contributed by atoms with Gasteiger partial charge in [-0.05, 0) is 18.1 Å². The first-order chi connectivity index (χ1) is 9.18. The van der Waals surface area contributed by atoms with Crippen molar-refractivity contribution in [1.29, 1.82) is 0 Å². The minimum Gasteiger partial charge on any atom is -0.426 e. The van der Waals surface area contributed by atoms with E-state index in [-0.39, 0.29) is 5.97 Å². The van der Waals surface area contributed by atoms with E-state index in [1.807, 2.05) is 67.6 Å². The number of hydrogen-bond donors (Lipinski definition) is 0. The lowest BCUT2D eigenvalue weighted by molar-refractivity contribution is -0.134. The van der Waals surface area contributed by atoms with Gasteiger partial charge in [0.15, 0.2) is 0 Å². The number of benzene rings is 2. The normalized spacial score (nSPS) is 11.7. The van der Waals surface area contributed by atoms with Crippen molar-refractivity contribution < 1.29 is 9.53 Å². The van der Waals surface area contributed by atoms with Crippen molar-refractivity contribution in [2.75, 3.05) is 0 Å². The van der Waals surface area contributed by atoms with Gasteiger partial charge < -0.3 is 4.74 Å². The molecule has 0 amide bonds. The highest BCUT2D eigenvalue weighted by Crippen LogP contribution is 2.26. The highest BCUT2D eigenvalue weighted by Gasteiger charge is 2.11. The number of esters is 1. The highest BCUT2D eigenvalue weighted by atomic mass is 16.5. The van der Waals surface area contributed by atoms with E-state index in [0.29, 0.717) is 5.76 Å². The summed E-state index contributed by atoms with van der Waals surface area (Å²) in [7, 11) is 0. The highest BCUT2D eigenvalue weighted by molar-refractivity contribution is 5.90. The van der Waals surface area contributed by atoms with Gasteiger partial charge in [-0.1, -0.05) is 60.7 Å². The maximum atomic E-state index is 11.3. The van der Waals surface area contributed by atoms with E-state index in [2.05, 4.69) is 0 Å². The lowest BCUT2D eigenvalue weighted by Crippen LogP contribution is -2.00. The molecule has 2 heteroatoms. The first kappa shape index (κ1) is 13.1. The molecule has 0 heterocycles. The lowest BCUT2D eigenvalue weighted by Gasteiger charge is -2.12. The second kappa shape index (κ2) is 6.01. The van der Waals surface area contributed by atoms with Crippen molar-refractivity contribution >= 4 is 17.3 Å². The van der Waals surface area contributed by atoms with Crippen molar-refractivity contribution in [3.05, 3.63) is 71.8 Å². The summed E-state index contributed by atoms with van der Waals surface area (Å²) in [6.07, 6.45) is 0. The molecule has 0 atom stereocenters. The molecule has 96 valence electrons. The standard InChI is InChI=1S/C17H16O2/c1-13(15-9-5-3-6-10-15)17(19-14(2)18)16-11-7-4-8-12-16/h3-12H,1-2H3/b17-13+. The summed E-state index contributed by atoms with van der Waals surface area (Å²) in [4.78, 5) is 11.3. The maximum Gasteiger partial charge on any atom is 0.308 e. The van der Waals surface area contributed by atoms with E-state index in [0.717, 1.165) is 16.7 Å². The Hall–Kier alpha value is -2.35. The number of carbonyl (C=O) groups is 1. The van der Waals surface area contributed by atoms with Gasteiger partial charge in [-0.25, -0.2) is 0 Å². The lowest BCUT2D eigenvalue weighted by atomic mass is 10.0. The van der Waals surface area contributed by atoms with Gasteiger partial charge >= 0.3 is 5.97 Å². The largest absolute Gasteiger partial charge is 0.426 e. The van der Waals surface area contributed by atoms with Crippen molar-refractivity contribution in [1.82, 2.24) is 0 Å². The zero-order chi connectivity index (χ0) is 13.7. The molecular weight excluding hydrogens is 236 g/mol. The third kappa shape index (κ3) is 3.32. The zero-order valence-electron chi connectivity index (χ0n) is 11.1. The molecule has 2 aromatic carbocycles. The molecule has 0 aliphatic carbocycles. The van der Waals surface area contributed by atoms with Crippen LogP contribution in [0.25, 0.3) is 11.3 Å². The van der Waals surface area contributed by atoms with Gasteiger partial charge in [-0.15, -0.1) is 0 Å². The summed E-state index contributed by atoms with van der Waals surface area (Å²) in [6.45, 7) is 3.38. The first-order valence-electron chi connectivity index (χ1n) is 6.18. The van der Waals surface area contributed by atoms with Crippen LogP contribution in [0.15, 0.2) is 60.7 Å². The molecule has 0 saturated carbocycles. The molecule has 0 radical (unpaired) electrons. The molecule has 0 spiro atoms. The van der Waals surface area contributed by atoms with E-state index < -0.39 is 0 Å². The van der Waals surface area contributed by atoms with Crippen LogP contribution >= 0.6 is 0 Å². The zero-order valence-corrected chi connectivity index (χ0v) is 11.1. The Morgan fingerprint density at radius 3 is 1.74 bits per heavy atom. The molecule has 0 saturated heterocycles. The Balaban J connectivity index is 2.51. The Bertz CT molecular complexity index is 583. The Labute approximate surface area is 113 Å². The average molecular weight is 252 g/mol. The minimum atomic E-state index is -0.311. The molecule has 0 bridgehead atoms. The molecule has 2 nitrogen and oxygen atoms in total. The number of allylic oxidation sites excluding steroid dienone is 1. The average Bonchev–Trinajstić information content (AvgIpc) is 2.46. The van der Waals surface area contributed by atoms with Crippen LogP contribution in [-0.2, 0) is 9.53 Å². The number of rotatable bonds is 3. The Morgan fingerprint density at radius 2 is 1.26 bits per heavy atom. The van der Waals surface area contributed by atoms with E-state index in [1.165, 1.54) is 6.92 Å². The number of hydrogen-bond acceptors (Lipinski definition) is 2. The topological polar surface area (TPSA) is 26.3 Å². The van der Waals surface area contributed by atoms with Crippen LogP contribution in [0.5, 0.6) is 0 Å². The second-order valence-corrected chi connectivity index (χ2v) is 4.28. The van der Waals surface area contributed by atoms with Crippen LogP contribution in [0.1, 0.15) is 25.0 Å². The summed E-state index contributed by atoms with van der Waals surface area (Å²) < 4.78 is 5.39. The van der Waals surface area contributed by atoms with Crippen molar-refractivity contribution in [3.63, 3.8) is 0 Å². The molecule has 2 aromatic rings. The summed E-state index contributed by atoms with van der Waals surface area (Å²) >= 11 is 0. The number of carbonyl (C=O) groups excluding carboxylic acids is 1. The van der Waals surface area contributed by atoms with Crippen LogP contribution < -0.4 is 0 Å². The molecule has 0 unspecified atom stereocenters. The van der Waals surface area contributed by atoms with Crippen LogP contribution in [0.4, 0.5) is 0 Å². The van der Waals surface area contributed by atoms with Gasteiger partial charge in [0.1, 0.15) is 5.76 Å². The van der Waals surface area contributed by atoms with Gasteiger partial charge in [-0.2, -0.15) is 0 Å². The van der Waals surface area contributed by atoms with E-state index >= 15 is 0 Å². The second-order valence-electron chi connectivity index (χ2n) is 4.28. The fourth-order valence-electron chi connectivity index (χ4n) is 1.90. The molecule has 0 N–H and O–H groups in total. The van der Waals surface area contributed by atoms with Crippen molar-refractivity contribution in [3.8, 4) is 0 Å². The first-order valence-corrected chi connectivity index (χ1v) is 6.18. The quantitative estimate of drug-likeness (QED) is 0.466. The monoisotopic (exact) mass is 252 g/mol.